The maximum absolute atomic E-state index is 11.5. The lowest BCUT2D eigenvalue weighted by atomic mass is 10.2. The Morgan fingerprint density at radius 1 is 1.24 bits per heavy atom. The first-order valence-corrected chi connectivity index (χ1v) is 5.37. The van der Waals surface area contributed by atoms with E-state index in [1.54, 1.807) is 20.8 Å². The largest absolute Gasteiger partial charge is 0.443 e. The quantitative estimate of drug-likeness (QED) is 0.634. The minimum atomic E-state index is -0.720. The van der Waals surface area contributed by atoms with Crippen molar-refractivity contribution in [2.75, 3.05) is 19.8 Å². The van der Waals surface area contributed by atoms with Crippen molar-refractivity contribution < 1.29 is 23.8 Å². The summed E-state index contributed by atoms with van der Waals surface area (Å²) in [5.74, 6) is -0.462. The summed E-state index contributed by atoms with van der Waals surface area (Å²) in [5, 5.41) is 0. The summed E-state index contributed by atoms with van der Waals surface area (Å²) in [6.45, 7) is 6.21. The second-order valence-electron chi connectivity index (χ2n) is 4.55. The maximum Gasteiger partial charge on any atom is 0.426 e. The molecule has 2 N–H and O–H groups in total. The Kier molecular flexibility index (Phi) is 4.71. The highest BCUT2D eigenvalue weighted by Crippen LogP contribution is 2.06. The van der Waals surface area contributed by atoms with Crippen LogP contribution in [0.5, 0.6) is 0 Å². The molecule has 0 saturated carbocycles. The standard InChI is InChI=1S/C10H18N2O5/c1-10(2,3)17-9(14)12-11-8(13)7-6-15-4-5-16-7/h7H,4-6H2,1-3H3,(H,11,13)(H,12,14)/t7-/m1/s1. The number of carbonyl (C=O) groups excluding carboxylic acids is 2. The molecule has 1 rings (SSSR count). The number of hydrazine groups is 1. The van der Waals surface area contributed by atoms with E-state index in [9.17, 15) is 9.59 Å². The molecular weight excluding hydrogens is 228 g/mol. The molecule has 17 heavy (non-hydrogen) atoms. The van der Waals surface area contributed by atoms with Crippen molar-refractivity contribution >= 4 is 12.0 Å². The van der Waals surface area contributed by atoms with Gasteiger partial charge in [0.2, 0.25) is 0 Å². The van der Waals surface area contributed by atoms with Crippen LogP contribution in [0.4, 0.5) is 4.79 Å². The van der Waals surface area contributed by atoms with Crippen molar-refractivity contribution in [1.82, 2.24) is 10.9 Å². The minimum absolute atomic E-state index is 0.182. The molecule has 0 radical (unpaired) electrons. The Labute approximate surface area is 99.8 Å². The first-order chi connectivity index (χ1) is 7.88. The molecule has 0 bridgehead atoms. The van der Waals surface area contributed by atoms with E-state index >= 15 is 0 Å². The third-order valence-corrected chi connectivity index (χ3v) is 1.80. The Morgan fingerprint density at radius 3 is 2.47 bits per heavy atom. The van der Waals surface area contributed by atoms with E-state index in [0.717, 1.165) is 0 Å². The second kappa shape index (κ2) is 5.83. The van der Waals surface area contributed by atoms with Crippen LogP contribution in [0.3, 0.4) is 0 Å². The van der Waals surface area contributed by atoms with Gasteiger partial charge in [-0.1, -0.05) is 0 Å². The summed E-state index contributed by atoms with van der Waals surface area (Å²) in [6, 6.07) is 0. The first kappa shape index (κ1) is 13.7. The number of carbonyl (C=O) groups is 2. The zero-order chi connectivity index (χ0) is 12.9. The SMILES string of the molecule is CC(C)(C)OC(=O)NNC(=O)[C@H]1COCCO1. The lowest BCUT2D eigenvalue weighted by Crippen LogP contribution is -2.51. The van der Waals surface area contributed by atoms with Gasteiger partial charge in [-0.05, 0) is 20.8 Å². The number of hydrogen-bond donors (Lipinski definition) is 2. The smallest absolute Gasteiger partial charge is 0.426 e. The van der Waals surface area contributed by atoms with E-state index in [2.05, 4.69) is 10.9 Å². The van der Waals surface area contributed by atoms with Crippen molar-refractivity contribution in [2.45, 2.75) is 32.5 Å². The monoisotopic (exact) mass is 246 g/mol. The van der Waals surface area contributed by atoms with Crippen LogP contribution in [0.1, 0.15) is 20.8 Å². The van der Waals surface area contributed by atoms with Gasteiger partial charge in [0, 0.05) is 0 Å². The van der Waals surface area contributed by atoms with Crippen LogP contribution in [0, 0.1) is 0 Å². The van der Waals surface area contributed by atoms with Crippen molar-refractivity contribution in [3.63, 3.8) is 0 Å². The molecular formula is C10H18N2O5. The summed E-state index contributed by atoms with van der Waals surface area (Å²) in [5.41, 5.74) is 3.73. The van der Waals surface area contributed by atoms with Gasteiger partial charge in [-0.2, -0.15) is 0 Å². The Bertz CT molecular complexity index is 281. The summed E-state index contributed by atoms with van der Waals surface area (Å²) < 4.78 is 15.1. The van der Waals surface area contributed by atoms with E-state index in [4.69, 9.17) is 14.2 Å². The van der Waals surface area contributed by atoms with E-state index in [-0.39, 0.29) is 6.61 Å². The van der Waals surface area contributed by atoms with Gasteiger partial charge in [0.25, 0.3) is 5.91 Å². The molecule has 7 nitrogen and oxygen atoms in total. The van der Waals surface area contributed by atoms with Gasteiger partial charge in [0.15, 0.2) is 6.10 Å². The van der Waals surface area contributed by atoms with Crippen molar-refractivity contribution in [2.24, 2.45) is 0 Å². The third-order valence-electron chi connectivity index (χ3n) is 1.80. The first-order valence-electron chi connectivity index (χ1n) is 5.37. The lowest BCUT2D eigenvalue weighted by molar-refractivity contribution is -0.148. The number of ether oxygens (including phenoxy) is 3. The highest BCUT2D eigenvalue weighted by atomic mass is 16.6. The van der Waals surface area contributed by atoms with Crippen LogP contribution in [-0.4, -0.2) is 43.5 Å². The number of hydrogen-bond acceptors (Lipinski definition) is 5. The Balaban J connectivity index is 2.25. The molecule has 1 atom stereocenters. The molecule has 0 aromatic carbocycles. The van der Waals surface area contributed by atoms with Crippen LogP contribution in [-0.2, 0) is 19.0 Å². The van der Waals surface area contributed by atoms with Gasteiger partial charge in [-0.25, -0.2) is 10.2 Å². The predicted molar refractivity (Wildman–Crippen MR) is 58.1 cm³/mol. The topological polar surface area (TPSA) is 85.9 Å². The molecule has 1 aliphatic rings. The predicted octanol–water partition coefficient (Wildman–Crippen LogP) is -0.0423. The van der Waals surface area contributed by atoms with Gasteiger partial charge in [-0.15, -0.1) is 0 Å². The summed E-state index contributed by atoms with van der Waals surface area (Å²) in [7, 11) is 0. The van der Waals surface area contributed by atoms with E-state index in [0.29, 0.717) is 13.2 Å². The van der Waals surface area contributed by atoms with Crippen molar-refractivity contribution in [1.29, 1.82) is 0 Å². The summed E-state index contributed by atoms with van der Waals surface area (Å²) in [6.07, 6.45) is -1.42. The van der Waals surface area contributed by atoms with Crippen LogP contribution < -0.4 is 10.9 Å². The zero-order valence-corrected chi connectivity index (χ0v) is 10.2. The van der Waals surface area contributed by atoms with Crippen LogP contribution in [0.15, 0.2) is 0 Å². The Hall–Kier alpha value is -1.34. The van der Waals surface area contributed by atoms with Gasteiger partial charge in [0.05, 0.1) is 19.8 Å². The fraction of sp³-hybridized carbons (Fsp3) is 0.800. The number of nitrogens with one attached hydrogen (secondary N) is 2. The number of rotatable bonds is 1. The van der Waals surface area contributed by atoms with E-state index < -0.39 is 23.7 Å². The molecule has 0 unspecified atom stereocenters. The van der Waals surface area contributed by atoms with Crippen molar-refractivity contribution in [3.8, 4) is 0 Å². The Morgan fingerprint density at radius 2 is 1.94 bits per heavy atom. The average molecular weight is 246 g/mol. The van der Waals surface area contributed by atoms with Gasteiger partial charge >= 0.3 is 6.09 Å². The molecule has 0 spiro atoms. The van der Waals surface area contributed by atoms with Gasteiger partial charge in [-0.3, -0.25) is 10.2 Å². The molecule has 98 valence electrons. The highest BCUT2D eigenvalue weighted by molar-refractivity contribution is 5.83. The zero-order valence-electron chi connectivity index (χ0n) is 10.2. The highest BCUT2D eigenvalue weighted by Gasteiger charge is 2.23. The molecule has 1 aliphatic heterocycles. The van der Waals surface area contributed by atoms with Gasteiger partial charge < -0.3 is 14.2 Å². The van der Waals surface area contributed by atoms with Crippen LogP contribution >= 0.6 is 0 Å². The van der Waals surface area contributed by atoms with Crippen LogP contribution in [0.2, 0.25) is 0 Å². The summed E-state index contributed by atoms with van der Waals surface area (Å²) >= 11 is 0. The van der Waals surface area contributed by atoms with E-state index in [1.807, 2.05) is 0 Å². The van der Waals surface area contributed by atoms with Crippen molar-refractivity contribution in [3.05, 3.63) is 0 Å². The van der Waals surface area contributed by atoms with Gasteiger partial charge in [0.1, 0.15) is 5.60 Å². The number of amides is 2. The normalized spacial score (nSPS) is 20.5. The molecule has 1 heterocycles. The fourth-order valence-electron chi connectivity index (χ4n) is 1.14. The summed E-state index contributed by atoms with van der Waals surface area (Å²) in [4.78, 5) is 22.7. The fourth-order valence-corrected chi connectivity index (χ4v) is 1.14. The van der Waals surface area contributed by atoms with E-state index in [1.165, 1.54) is 0 Å². The maximum atomic E-state index is 11.5. The van der Waals surface area contributed by atoms with Crippen LogP contribution in [0.25, 0.3) is 0 Å². The second-order valence-corrected chi connectivity index (χ2v) is 4.55. The molecule has 2 amide bonds. The molecule has 0 aliphatic carbocycles. The third kappa shape index (κ3) is 5.50. The molecule has 1 fully saturated rings. The molecule has 1 saturated heterocycles. The minimum Gasteiger partial charge on any atom is -0.443 e. The average Bonchev–Trinajstić information content (AvgIpc) is 2.25. The molecule has 0 aromatic heterocycles. The molecule has 7 heteroatoms. The molecule has 0 aromatic rings. The lowest BCUT2D eigenvalue weighted by Gasteiger charge is -2.23.